The zero-order valence-corrected chi connectivity index (χ0v) is 11.7. The number of carboxylic acids is 1. The van der Waals surface area contributed by atoms with Gasteiger partial charge in [-0.2, -0.15) is 5.26 Å². The fourth-order valence-corrected chi connectivity index (χ4v) is 2.42. The summed E-state index contributed by atoms with van der Waals surface area (Å²) in [6.07, 6.45) is 1.68. The van der Waals surface area contributed by atoms with E-state index in [9.17, 15) is 14.7 Å². The molecule has 1 N–H and O–H groups in total. The lowest BCUT2D eigenvalue weighted by Crippen LogP contribution is -2.39. The van der Waals surface area contributed by atoms with Crippen LogP contribution in [-0.4, -0.2) is 22.6 Å². The van der Waals surface area contributed by atoms with Crippen LogP contribution in [0.25, 0.3) is 0 Å². The number of esters is 1. The van der Waals surface area contributed by atoms with Crippen LogP contribution in [0.1, 0.15) is 52.9 Å². The van der Waals surface area contributed by atoms with Gasteiger partial charge in [-0.25, -0.2) is 0 Å². The number of carboxylic acid groups (broad SMARTS) is 1. The zero-order chi connectivity index (χ0) is 14.7. The van der Waals surface area contributed by atoms with Gasteiger partial charge in [-0.3, -0.25) is 9.59 Å². The minimum atomic E-state index is -1.06. The summed E-state index contributed by atoms with van der Waals surface area (Å²) in [5, 5.41) is 18.2. The predicted molar refractivity (Wildman–Crippen MR) is 68.1 cm³/mol. The van der Waals surface area contributed by atoms with Crippen molar-refractivity contribution in [3.8, 4) is 6.07 Å². The van der Waals surface area contributed by atoms with Gasteiger partial charge >= 0.3 is 11.9 Å². The van der Waals surface area contributed by atoms with Crippen molar-refractivity contribution in [3.05, 3.63) is 0 Å². The minimum Gasteiger partial charge on any atom is -0.481 e. The van der Waals surface area contributed by atoms with E-state index in [0.29, 0.717) is 25.7 Å². The number of carbonyl (C=O) groups is 2. The largest absolute Gasteiger partial charge is 0.481 e. The number of rotatable bonds is 3. The molecule has 5 heteroatoms. The highest BCUT2D eigenvalue weighted by Gasteiger charge is 2.44. The van der Waals surface area contributed by atoms with E-state index in [2.05, 4.69) is 6.07 Å². The molecule has 1 saturated carbocycles. The number of nitrogens with zero attached hydrogens (tertiary/aromatic N) is 1. The summed E-state index contributed by atoms with van der Waals surface area (Å²) in [7, 11) is 0. The zero-order valence-electron chi connectivity index (χ0n) is 11.7. The summed E-state index contributed by atoms with van der Waals surface area (Å²) < 4.78 is 5.20. The molecule has 0 aromatic heterocycles. The SMILES string of the molecule is CC(C)(C)OC(=O)CC1(C(=O)O)CCC(C#N)CC1. The van der Waals surface area contributed by atoms with Crippen LogP contribution in [0.5, 0.6) is 0 Å². The summed E-state index contributed by atoms with van der Waals surface area (Å²) in [4.78, 5) is 23.3. The molecule has 0 aromatic rings. The first-order chi connectivity index (χ1) is 8.68. The van der Waals surface area contributed by atoms with E-state index in [4.69, 9.17) is 10.00 Å². The molecule has 0 bridgehead atoms. The van der Waals surface area contributed by atoms with Gasteiger partial charge in [0.15, 0.2) is 0 Å². The maximum atomic E-state index is 11.8. The highest BCUT2D eigenvalue weighted by Crippen LogP contribution is 2.42. The van der Waals surface area contributed by atoms with Crippen molar-refractivity contribution in [2.24, 2.45) is 11.3 Å². The third-order valence-electron chi connectivity index (χ3n) is 3.48. The van der Waals surface area contributed by atoms with E-state index < -0.39 is 23.0 Å². The molecule has 0 atom stereocenters. The molecule has 0 radical (unpaired) electrons. The highest BCUT2D eigenvalue weighted by atomic mass is 16.6. The number of aliphatic carboxylic acids is 1. The standard InChI is InChI=1S/C14H21NO4/c1-13(2,3)19-11(16)8-14(12(17)18)6-4-10(9-15)5-7-14/h10H,4-8H2,1-3H3,(H,17,18). The normalized spacial score (nSPS) is 27.4. The second-order valence-electron chi connectivity index (χ2n) is 6.25. The molecule has 1 aliphatic rings. The van der Waals surface area contributed by atoms with Crippen LogP contribution in [0.4, 0.5) is 0 Å². The Morgan fingerprint density at radius 3 is 2.26 bits per heavy atom. The van der Waals surface area contributed by atoms with Crippen molar-refractivity contribution in [1.29, 1.82) is 5.26 Å². The summed E-state index contributed by atoms with van der Waals surface area (Å²) in [6, 6.07) is 2.16. The molecule has 0 unspecified atom stereocenters. The average Bonchev–Trinajstić information content (AvgIpc) is 2.27. The van der Waals surface area contributed by atoms with E-state index >= 15 is 0 Å². The van der Waals surface area contributed by atoms with Gasteiger partial charge in [-0.05, 0) is 46.5 Å². The molecule has 0 saturated heterocycles. The summed E-state index contributed by atoms with van der Waals surface area (Å²) in [6.45, 7) is 5.26. The third kappa shape index (κ3) is 4.23. The number of hydrogen-bond donors (Lipinski definition) is 1. The third-order valence-corrected chi connectivity index (χ3v) is 3.48. The molecule has 5 nitrogen and oxygen atoms in total. The van der Waals surface area contributed by atoms with Crippen LogP contribution < -0.4 is 0 Å². The Bertz CT molecular complexity index is 395. The van der Waals surface area contributed by atoms with E-state index in [1.165, 1.54) is 0 Å². The Morgan fingerprint density at radius 2 is 1.89 bits per heavy atom. The van der Waals surface area contributed by atoms with E-state index in [0.717, 1.165) is 0 Å². The maximum Gasteiger partial charge on any atom is 0.310 e. The Labute approximate surface area is 113 Å². The molecule has 0 heterocycles. The molecule has 0 aromatic carbocycles. The van der Waals surface area contributed by atoms with Crippen LogP contribution >= 0.6 is 0 Å². The molecule has 0 amide bonds. The van der Waals surface area contributed by atoms with Crippen molar-refractivity contribution in [1.82, 2.24) is 0 Å². The molecule has 19 heavy (non-hydrogen) atoms. The molecule has 1 fully saturated rings. The van der Waals surface area contributed by atoms with Gasteiger partial charge in [-0.15, -0.1) is 0 Å². The van der Waals surface area contributed by atoms with Crippen LogP contribution in [0.3, 0.4) is 0 Å². The van der Waals surface area contributed by atoms with E-state index in [1.807, 2.05) is 0 Å². The number of ether oxygens (including phenoxy) is 1. The second-order valence-corrected chi connectivity index (χ2v) is 6.25. The molecule has 106 valence electrons. The van der Waals surface area contributed by atoms with Crippen molar-refractivity contribution < 1.29 is 19.4 Å². The lowest BCUT2D eigenvalue weighted by Gasteiger charge is -2.34. The number of carbonyl (C=O) groups excluding carboxylic acids is 1. The van der Waals surface area contributed by atoms with Crippen molar-refractivity contribution in [3.63, 3.8) is 0 Å². The van der Waals surface area contributed by atoms with Crippen molar-refractivity contribution >= 4 is 11.9 Å². The predicted octanol–water partition coefficient (Wildman–Crippen LogP) is 2.50. The first kappa shape index (κ1) is 15.5. The topological polar surface area (TPSA) is 87.4 Å². The quantitative estimate of drug-likeness (QED) is 0.794. The molecule has 0 spiro atoms. The molecule has 1 aliphatic carbocycles. The van der Waals surface area contributed by atoms with E-state index in [-0.39, 0.29) is 12.3 Å². The molecular weight excluding hydrogens is 246 g/mol. The molecule has 0 aliphatic heterocycles. The van der Waals surface area contributed by atoms with Crippen LogP contribution in [0, 0.1) is 22.7 Å². The smallest absolute Gasteiger partial charge is 0.310 e. The average molecular weight is 267 g/mol. The Balaban J connectivity index is 2.72. The van der Waals surface area contributed by atoms with Crippen LogP contribution in [0.15, 0.2) is 0 Å². The minimum absolute atomic E-state index is 0.0916. The summed E-state index contributed by atoms with van der Waals surface area (Å²) >= 11 is 0. The van der Waals surface area contributed by atoms with Gasteiger partial charge in [0, 0.05) is 5.92 Å². The van der Waals surface area contributed by atoms with Crippen LogP contribution in [0.2, 0.25) is 0 Å². The fourth-order valence-electron chi connectivity index (χ4n) is 2.42. The van der Waals surface area contributed by atoms with Crippen molar-refractivity contribution in [2.75, 3.05) is 0 Å². The van der Waals surface area contributed by atoms with Gasteiger partial charge in [0.1, 0.15) is 5.60 Å². The van der Waals surface area contributed by atoms with Gasteiger partial charge in [0.2, 0.25) is 0 Å². The first-order valence-corrected chi connectivity index (χ1v) is 6.53. The van der Waals surface area contributed by atoms with Gasteiger partial charge < -0.3 is 9.84 Å². The molecule has 1 rings (SSSR count). The van der Waals surface area contributed by atoms with Crippen molar-refractivity contribution in [2.45, 2.75) is 58.5 Å². The second kappa shape index (κ2) is 5.60. The maximum absolute atomic E-state index is 11.8. The number of hydrogen-bond acceptors (Lipinski definition) is 4. The Hall–Kier alpha value is -1.57. The number of nitriles is 1. The van der Waals surface area contributed by atoms with Crippen LogP contribution in [-0.2, 0) is 14.3 Å². The van der Waals surface area contributed by atoms with Gasteiger partial charge in [-0.1, -0.05) is 0 Å². The Kier molecular flexibility index (Phi) is 4.56. The highest BCUT2D eigenvalue weighted by molar-refractivity contribution is 5.82. The molecular formula is C14H21NO4. The summed E-state index contributed by atoms with van der Waals surface area (Å²) in [5.41, 5.74) is -1.67. The Morgan fingerprint density at radius 1 is 1.37 bits per heavy atom. The van der Waals surface area contributed by atoms with E-state index in [1.54, 1.807) is 20.8 Å². The first-order valence-electron chi connectivity index (χ1n) is 6.53. The van der Waals surface area contributed by atoms with Gasteiger partial charge in [0.25, 0.3) is 0 Å². The summed E-state index contributed by atoms with van der Waals surface area (Å²) in [5.74, 6) is -1.54. The fraction of sp³-hybridized carbons (Fsp3) is 0.786. The van der Waals surface area contributed by atoms with Gasteiger partial charge in [0.05, 0.1) is 17.9 Å². The lowest BCUT2D eigenvalue weighted by atomic mass is 9.69. The monoisotopic (exact) mass is 267 g/mol. The lowest BCUT2D eigenvalue weighted by molar-refractivity contribution is -0.166.